The molecule has 2 N–H and O–H groups in total. The Bertz CT molecular complexity index is 513. The van der Waals surface area contributed by atoms with Gasteiger partial charge in [0, 0.05) is 11.2 Å². The van der Waals surface area contributed by atoms with E-state index in [0.717, 1.165) is 36.3 Å². The summed E-state index contributed by atoms with van der Waals surface area (Å²) in [4.78, 5) is 12.6. The van der Waals surface area contributed by atoms with Gasteiger partial charge in [0.25, 0.3) is 5.91 Å². The maximum absolute atomic E-state index is 12.6. The number of rotatable bonds is 4. The number of aryl methyl sites for hydroxylation is 1. The van der Waals surface area contributed by atoms with Gasteiger partial charge in [-0.05, 0) is 68.8 Å². The molecule has 0 unspecified atom stereocenters. The minimum atomic E-state index is 0.0237. The van der Waals surface area contributed by atoms with E-state index in [-0.39, 0.29) is 11.4 Å². The molecule has 0 aliphatic heterocycles. The van der Waals surface area contributed by atoms with Crippen LogP contribution in [0.4, 0.5) is 0 Å². The molecule has 4 bridgehead atoms. The third-order valence-electron chi connectivity index (χ3n) is 5.80. The quantitative estimate of drug-likeness (QED) is 0.894. The lowest BCUT2D eigenvalue weighted by molar-refractivity contribution is -0.0167. The zero-order valence-corrected chi connectivity index (χ0v) is 12.8. The van der Waals surface area contributed by atoms with Gasteiger partial charge < -0.3 is 5.32 Å². The standard InChI is InChI=1S/C17H25N3O/c1-2-3-14-7-15(20-19-14)16(21)18-17-8-11-4-12(9-17)6-13(5-11)10-17/h7,11-13H,2-6,8-10H2,1H3,(H,18,21)(H,19,20). The highest BCUT2D eigenvalue weighted by atomic mass is 16.2. The van der Waals surface area contributed by atoms with Gasteiger partial charge in [-0.2, -0.15) is 5.10 Å². The van der Waals surface area contributed by atoms with Gasteiger partial charge in [0.2, 0.25) is 0 Å². The number of H-pyrrole nitrogens is 1. The zero-order valence-electron chi connectivity index (χ0n) is 12.8. The van der Waals surface area contributed by atoms with Crippen LogP contribution in [0, 0.1) is 17.8 Å². The molecular formula is C17H25N3O. The summed E-state index contributed by atoms with van der Waals surface area (Å²) in [6, 6.07) is 1.92. The predicted molar refractivity (Wildman–Crippen MR) is 81.0 cm³/mol. The SMILES string of the molecule is CCCc1cc(C(=O)NC23CC4CC(CC(C4)C2)C3)n[nH]1. The van der Waals surface area contributed by atoms with E-state index in [0.29, 0.717) is 5.69 Å². The Hall–Kier alpha value is -1.32. The summed E-state index contributed by atoms with van der Waals surface area (Å²) in [5.74, 6) is 2.58. The molecule has 1 heterocycles. The molecular weight excluding hydrogens is 262 g/mol. The number of hydrogen-bond acceptors (Lipinski definition) is 2. The summed E-state index contributed by atoms with van der Waals surface area (Å²) < 4.78 is 0. The molecule has 0 spiro atoms. The molecule has 114 valence electrons. The topological polar surface area (TPSA) is 57.8 Å². The molecule has 1 aromatic heterocycles. The van der Waals surface area contributed by atoms with Crippen LogP contribution in [0.25, 0.3) is 0 Å². The first-order valence-electron chi connectivity index (χ1n) is 8.52. The fourth-order valence-electron chi connectivity index (χ4n) is 5.44. The highest BCUT2D eigenvalue weighted by Crippen LogP contribution is 2.55. The normalized spacial score (nSPS) is 36.9. The van der Waals surface area contributed by atoms with Crippen molar-refractivity contribution < 1.29 is 4.79 Å². The smallest absolute Gasteiger partial charge is 0.272 e. The molecule has 4 aliphatic rings. The van der Waals surface area contributed by atoms with Crippen molar-refractivity contribution in [3.8, 4) is 0 Å². The van der Waals surface area contributed by atoms with Gasteiger partial charge in [-0.25, -0.2) is 0 Å². The molecule has 4 saturated carbocycles. The average molecular weight is 287 g/mol. The monoisotopic (exact) mass is 287 g/mol. The minimum Gasteiger partial charge on any atom is -0.345 e. The van der Waals surface area contributed by atoms with Crippen molar-refractivity contribution in [2.75, 3.05) is 0 Å². The minimum absolute atomic E-state index is 0.0237. The van der Waals surface area contributed by atoms with Crippen LogP contribution in [-0.2, 0) is 6.42 Å². The van der Waals surface area contributed by atoms with Crippen LogP contribution in [-0.4, -0.2) is 21.6 Å². The van der Waals surface area contributed by atoms with Crippen molar-refractivity contribution in [2.24, 2.45) is 17.8 Å². The third-order valence-corrected chi connectivity index (χ3v) is 5.80. The lowest BCUT2D eigenvalue weighted by atomic mass is 9.53. The maximum atomic E-state index is 12.6. The first-order chi connectivity index (χ1) is 10.2. The second-order valence-corrected chi connectivity index (χ2v) is 7.68. The molecule has 4 fully saturated rings. The van der Waals surface area contributed by atoms with Crippen molar-refractivity contribution in [1.82, 2.24) is 15.5 Å². The van der Waals surface area contributed by atoms with E-state index in [1.165, 1.54) is 38.5 Å². The van der Waals surface area contributed by atoms with Crippen molar-refractivity contribution in [1.29, 1.82) is 0 Å². The lowest BCUT2D eigenvalue weighted by Gasteiger charge is -2.56. The Kier molecular flexibility index (Phi) is 3.09. The van der Waals surface area contributed by atoms with Crippen molar-refractivity contribution in [2.45, 2.75) is 63.8 Å². The highest BCUT2D eigenvalue weighted by Gasteiger charge is 2.51. The van der Waals surface area contributed by atoms with E-state index in [2.05, 4.69) is 22.4 Å². The van der Waals surface area contributed by atoms with Crippen LogP contribution in [0.1, 0.15) is 68.1 Å². The Morgan fingerprint density at radius 1 is 1.29 bits per heavy atom. The second kappa shape index (κ2) is 4.85. The number of nitrogens with one attached hydrogen (secondary N) is 2. The summed E-state index contributed by atoms with van der Waals surface area (Å²) in [5.41, 5.74) is 1.71. The summed E-state index contributed by atoms with van der Waals surface area (Å²) in [5, 5.41) is 10.6. The second-order valence-electron chi connectivity index (χ2n) is 7.68. The third kappa shape index (κ3) is 2.39. The van der Waals surface area contributed by atoms with Crippen molar-refractivity contribution in [3.63, 3.8) is 0 Å². The Morgan fingerprint density at radius 2 is 1.90 bits per heavy atom. The fourth-order valence-corrected chi connectivity index (χ4v) is 5.44. The molecule has 21 heavy (non-hydrogen) atoms. The van der Waals surface area contributed by atoms with E-state index in [1.54, 1.807) is 0 Å². The van der Waals surface area contributed by atoms with Crippen molar-refractivity contribution >= 4 is 5.91 Å². The van der Waals surface area contributed by atoms with Gasteiger partial charge in [-0.3, -0.25) is 9.89 Å². The molecule has 5 rings (SSSR count). The molecule has 4 nitrogen and oxygen atoms in total. The molecule has 4 aliphatic carbocycles. The van der Waals surface area contributed by atoms with Crippen LogP contribution in [0.2, 0.25) is 0 Å². The van der Waals surface area contributed by atoms with Crippen LogP contribution in [0.5, 0.6) is 0 Å². The van der Waals surface area contributed by atoms with Crippen LogP contribution < -0.4 is 5.32 Å². The summed E-state index contributed by atoms with van der Waals surface area (Å²) in [6.07, 6.45) is 9.80. The van der Waals surface area contributed by atoms with Gasteiger partial charge in [0.05, 0.1) is 0 Å². The van der Waals surface area contributed by atoms with E-state index < -0.39 is 0 Å². The molecule has 0 radical (unpaired) electrons. The Morgan fingerprint density at radius 3 is 2.48 bits per heavy atom. The van der Waals surface area contributed by atoms with Crippen LogP contribution in [0.3, 0.4) is 0 Å². The van der Waals surface area contributed by atoms with E-state index in [1.807, 2.05) is 6.07 Å². The maximum Gasteiger partial charge on any atom is 0.272 e. The predicted octanol–water partition coefficient (Wildman–Crippen LogP) is 3.06. The summed E-state index contributed by atoms with van der Waals surface area (Å²) in [7, 11) is 0. The summed E-state index contributed by atoms with van der Waals surface area (Å²) >= 11 is 0. The van der Waals surface area contributed by atoms with Gasteiger partial charge in [-0.1, -0.05) is 13.3 Å². The van der Waals surface area contributed by atoms with E-state index >= 15 is 0 Å². The van der Waals surface area contributed by atoms with Gasteiger partial charge in [0.15, 0.2) is 0 Å². The molecule has 1 amide bonds. The molecule has 0 aromatic carbocycles. The number of hydrogen-bond donors (Lipinski definition) is 2. The lowest BCUT2D eigenvalue weighted by Crippen LogP contribution is -2.59. The van der Waals surface area contributed by atoms with Gasteiger partial charge in [-0.15, -0.1) is 0 Å². The molecule has 1 aromatic rings. The number of nitrogens with zero attached hydrogens (tertiary/aromatic N) is 1. The highest BCUT2D eigenvalue weighted by molar-refractivity contribution is 5.92. The Labute approximate surface area is 126 Å². The van der Waals surface area contributed by atoms with Crippen LogP contribution in [0.15, 0.2) is 6.07 Å². The van der Waals surface area contributed by atoms with E-state index in [4.69, 9.17) is 0 Å². The number of aromatic amines is 1. The number of amides is 1. The fraction of sp³-hybridized carbons (Fsp3) is 0.765. The molecule has 0 atom stereocenters. The molecule has 4 heteroatoms. The zero-order chi connectivity index (χ0) is 14.4. The summed E-state index contributed by atoms with van der Waals surface area (Å²) in [6.45, 7) is 2.13. The van der Waals surface area contributed by atoms with Gasteiger partial charge >= 0.3 is 0 Å². The van der Waals surface area contributed by atoms with Crippen molar-refractivity contribution in [3.05, 3.63) is 17.5 Å². The Balaban J connectivity index is 1.48. The molecule has 0 saturated heterocycles. The first kappa shape index (κ1) is 13.4. The number of aromatic nitrogens is 2. The first-order valence-corrected chi connectivity index (χ1v) is 8.52. The van der Waals surface area contributed by atoms with Crippen LogP contribution >= 0.6 is 0 Å². The number of carbonyl (C=O) groups excluding carboxylic acids is 1. The van der Waals surface area contributed by atoms with E-state index in [9.17, 15) is 4.79 Å². The number of carbonyl (C=O) groups is 1. The largest absolute Gasteiger partial charge is 0.345 e. The average Bonchev–Trinajstić information content (AvgIpc) is 2.85. The van der Waals surface area contributed by atoms with Gasteiger partial charge in [0.1, 0.15) is 5.69 Å².